The summed E-state index contributed by atoms with van der Waals surface area (Å²) < 4.78 is 98.2. The van der Waals surface area contributed by atoms with Crippen molar-refractivity contribution in [3.05, 3.63) is 28.2 Å². The summed E-state index contributed by atoms with van der Waals surface area (Å²) in [5.41, 5.74) is -2.19. The van der Waals surface area contributed by atoms with E-state index in [-0.39, 0.29) is 10.5 Å². The van der Waals surface area contributed by atoms with E-state index in [4.69, 9.17) is 0 Å². The first-order chi connectivity index (χ1) is 9.25. The molecule has 0 atom stereocenters. The van der Waals surface area contributed by atoms with Gasteiger partial charge in [0.15, 0.2) is 0 Å². The summed E-state index contributed by atoms with van der Waals surface area (Å²) in [4.78, 5) is 10.9. The van der Waals surface area contributed by atoms with Gasteiger partial charge >= 0.3 is 24.2 Å². The largest absolute Gasteiger partial charge is 0.463 e. The minimum Gasteiger partial charge on any atom is -0.320 e. The van der Waals surface area contributed by atoms with E-state index >= 15 is 0 Å². The van der Waals surface area contributed by atoms with E-state index in [0.29, 0.717) is 6.07 Å². The quantitative estimate of drug-likeness (QED) is 0.740. The molecular weight excluding hydrogens is 382 g/mol. The van der Waals surface area contributed by atoms with Gasteiger partial charge < -0.3 is 5.32 Å². The van der Waals surface area contributed by atoms with Crippen molar-refractivity contribution in [1.29, 1.82) is 0 Å². The maximum atomic E-state index is 12.7. The Kier molecular flexibility index (Phi) is 4.56. The highest BCUT2D eigenvalue weighted by molar-refractivity contribution is 9.10. The molecule has 0 aliphatic rings. The second-order valence-corrected chi connectivity index (χ2v) is 4.67. The normalized spacial score (nSPS) is 13.2. The van der Waals surface area contributed by atoms with Crippen LogP contribution in [0.1, 0.15) is 5.56 Å². The summed E-state index contributed by atoms with van der Waals surface area (Å²) in [6.07, 6.45) is -11.0. The molecule has 2 nitrogen and oxygen atoms in total. The van der Waals surface area contributed by atoms with E-state index < -0.39 is 35.4 Å². The van der Waals surface area contributed by atoms with E-state index in [1.54, 1.807) is 0 Å². The zero-order chi connectivity index (χ0) is 16.6. The van der Waals surface area contributed by atoms with Crippen LogP contribution in [0.3, 0.4) is 0 Å². The first-order valence-corrected chi connectivity index (χ1v) is 5.68. The fourth-order valence-corrected chi connectivity index (χ4v) is 1.66. The van der Waals surface area contributed by atoms with Crippen LogP contribution in [0.25, 0.3) is 0 Å². The first kappa shape index (κ1) is 17.7. The van der Waals surface area contributed by atoms with Crippen molar-refractivity contribution in [3.63, 3.8) is 0 Å². The van der Waals surface area contributed by atoms with E-state index in [1.807, 2.05) is 0 Å². The molecule has 0 saturated carbocycles. The number of halogens is 9. The summed E-state index contributed by atoms with van der Waals surface area (Å²) >= 11 is 2.62. The lowest BCUT2D eigenvalue weighted by Gasteiger charge is -2.19. The molecule has 0 fully saturated rings. The molecule has 1 rings (SSSR count). The molecule has 21 heavy (non-hydrogen) atoms. The maximum absolute atomic E-state index is 12.7. The molecule has 0 unspecified atom stereocenters. The molecule has 1 aromatic carbocycles. The lowest BCUT2D eigenvalue weighted by Crippen LogP contribution is -2.47. The number of hydrogen-bond acceptors (Lipinski definition) is 1. The van der Waals surface area contributed by atoms with Gasteiger partial charge in [-0.15, -0.1) is 0 Å². The van der Waals surface area contributed by atoms with Gasteiger partial charge in [0.05, 0.1) is 5.56 Å². The number of anilines is 1. The molecule has 1 amide bonds. The maximum Gasteiger partial charge on any atom is 0.463 e. The number of benzene rings is 1. The molecule has 1 aromatic rings. The molecule has 0 aromatic heterocycles. The van der Waals surface area contributed by atoms with Crippen LogP contribution in [0.5, 0.6) is 0 Å². The SMILES string of the molecule is O=C(Nc1cc(Br)cc(C(F)(F)F)c1)C(F)(F)C(F)(F)F. The third-order valence-electron chi connectivity index (χ3n) is 2.12. The van der Waals surface area contributed by atoms with Crippen molar-refractivity contribution < 1.29 is 39.9 Å². The van der Waals surface area contributed by atoms with Gasteiger partial charge in [-0.1, -0.05) is 15.9 Å². The fourth-order valence-electron chi connectivity index (χ4n) is 1.16. The molecule has 0 saturated heterocycles. The highest BCUT2D eigenvalue weighted by atomic mass is 79.9. The third-order valence-corrected chi connectivity index (χ3v) is 2.58. The summed E-state index contributed by atoms with van der Waals surface area (Å²) in [6, 6.07) is 1.55. The van der Waals surface area contributed by atoms with Crippen LogP contribution >= 0.6 is 15.9 Å². The van der Waals surface area contributed by atoms with Crippen LogP contribution in [-0.4, -0.2) is 18.0 Å². The van der Waals surface area contributed by atoms with Gasteiger partial charge in [0.1, 0.15) is 0 Å². The fraction of sp³-hybridized carbons (Fsp3) is 0.300. The smallest absolute Gasteiger partial charge is 0.320 e. The molecular formula is C10H4BrF8NO. The Hall–Kier alpha value is -1.39. The summed E-state index contributed by atoms with van der Waals surface area (Å²) in [7, 11) is 0. The van der Waals surface area contributed by atoms with Crippen LogP contribution in [0.4, 0.5) is 40.8 Å². The number of rotatable bonds is 2. The van der Waals surface area contributed by atoms with E-state index in [1.165, 1.54) is 0 Å². The molecule has 11 heteroatoms. The monoisotopic (exact) mass is 385 g/mol. The predicted molar refractivity (Wildman–Crippen MR) is 58.8 cm³/mol. The number of amides is 1. The molecule has 0 aliphatic heterocycles. The molecule has 0 bridgehead atoms. The molecule has 0 aliphatic carbocycles. The highest BCUT2D eigenvalue weighted by Crippen LogP contribution is 2.37. The third kappa shape index (κ3) is 4.05. The van der Waals surface area contributed by atoms with Crippen LogP contribution in [0.2, 0.25) is 0 Å². The first-order valence-electron chi connectivity index (χ1n) is 4.89. The average molecular weight is 386 g/mol. The van der Waals surface area contributed by atoms with Crippen LogP contribution in [0, 0.1) is 0 Å². The van der Waals surface area contributed by atoms with Crippen molar-refractivity contribution in [2.45, 2.75) is 18.3 Å². The number of carbonyl (C=O) groups is 1. The van der Waals surface area contributed by atoms with Crippen molar-refractivity contribution >= 4 is 27.5 Å². The highest BCUT2D eigenvalue weighted by Gasteiger charge is 2.63. The Bertz CT molecular complexity index is 551. The Balaban J connectivity index is 3.10. The average Bonchev–Trinajstić information content (AvgIpc) is 2.25. The molecule has 1 N–H and O–H groups in total. The van der Waals surface area contributed by atoms with Gasteiger partial charge in [-0.25, -0.2) is 0 Å². The molecule has 118 valence electrons. The van der Waals surface area contributed by atoms with Gasteiger partial charge in [0.25, 0.3) is 0 Å². The predicted octanol–water partition coefficient (Wildman–Crippen LogP) is 4.60. The Morgan fingerprint density at radius 2 is 1.48 bits per heavy atom. The molecule has 0 spiro atoms. The second-order valence-electron chi connectivity index (χ2n) is 3.75. The van der Waals surface area contributed by atoms with E-state index in [0.717, 1.165) is 11.4 Å². The Morgan fingerprint density at radius 1 is 0.952 bits per heavy atom. The van der Waals surface area contributed by atoms with Gasteiger partial charge in [0.2, 0.25) is 0 Å². The van der Waals surface area contributed by atoms with Gasteiger partial charge in [-0.2, -0.15) is 35.1 Å². The molecule has 0 radical (unpaired) electrons. The number of nitrogens with one attached hydrogen (secondary N) is 1. The standard InChI is InChI=1S/C10H4BrF8NO/c11-5-1-4(9(14,15)16)2-6(3-5)20-7(21)8(12,13)10(17,18)19/h1-3H,(H,20,21). The van der Waals surface area contributed by atoms with Crippen LogP contribution in [0.15, 0.2) is 22.7 Å². The topological polar surface area (TPSA) is 29.1 Å². The lowest BCUT2D eigenvalue weighted by molar-refractivity contribution is -0.267. The number of carbonyl (C=O) groups excluding carboxylic acids is 1. The lowest BCUT2D eigenvalue weighted by atomic mass is 10.2. The number of hydrogen-bond donors (Lipinski definition) is 1. The summed E-state index contributed by atoms with van der Waals surface area (Å²) in [5.74, 6) is -8.51. The van der Waals surface area contributed by atoms with Crippen molar-refractivity contribution in [2.24, 2.45) is 0 Å². The van der Waals surface area contributed by atoms with Crippen molar-refractivity contribution in [3.8, 4) is 0 Å². The summed E-state index contributed by atoms with van der Waals surface area (Å²) in [6.45, 7) is 0. The minimum atomic E-state index is -6.16. The zero-order valence-corrected chi connectivity index (χ0v) is 11.1. The van der Waals surface area contributed by atoms with Crippen molar-refractivity contribution in [1.82, 2.24) is 0 Å². The minimum absolute atomic E-state index is 0.231. The van der Waals surface area contributed by atoms with Crippen LogP contribution in [-0.2, 0) is 11.0 Å². The zero-order valence-electron chi connectivity index (χ0n) is 9.54. The van der Waals surface area contributed by atoms with Crippen molar-refractivity contribution in [2.75, 3.05) is 5.32 Å². The Labute approximate surface area is 120 Å². The number of alkyl halides is 8. The Morgan fingerprint density at radius 3 is 1.90 bits per heavy atom. The van der Waals surface area contributed by atoms with Gasteiger partial charge in [-0.05, 0) is 18.2 Å². The molecule has 0 heterocycles. The van der Waals surface area contributed by atoms with E-state index in [9.17, 15) is 39.9 Å². The second kappa shape index (κ2) is 5.43. The van der Waals surface area contributed by atoms with Gasteiger partial charge in [-0.3, -0.25) is 4.79 Å². The van der Waals surface area contributed by atoms with E-state index in [2.05, 4.69) is 15.9 Å². The van der Waals surface area contributed by atoms with Crippen LogP contribution < -0.4 is 5.32 Å². The van der Waals surface area contributed by atoms with Gasteiger partial charge in [0, 0.05) is 10.2 Å². The summed E-state index contributed by atoms with van der Waals surface area (Å²) in [5, 5.41) is 1.10.